The molecule has 0 spiro atoms. The molecule has 1 aliphatic heterocycles. The lowest BCUT2D eigenvalue weighted by atomic mass is 10.2. The average molecular weight is 300 g/mol. The molecule has 0 bridgehead atoms. The third-order valence-corrected chi connectivity index (χ3v) is 4.32. The van der Waals surface area contributed by atoms with Gasteiger partial charge in [-0.2, -0.15) is 5.10 Å². The van der Waals surface area contributed by atoms with Crippen molar-refractivity contribution in [1.29, 1.82) is 0 Å². The lowest BCUT2D eigenvalue weighted by Crippen LogP contribution is -2.47. The van der Waals surface area contributed by atoms with E-state index in [0.29, 0.717) is 0 Å². The Kier molecular flexibility index (Phi) is 4.68. The number of piperazine rings is 1. The fraction of sp³-hybridized carbons (Fsp3) is 0.562. The van der Waals surface area contributed by atoms with E-state index in [1.165, 1.54) is 5.69 Å². The monoisotopic (exact) mass is 300 g/mol. The van der Waals surface area contributed by atoms with E-state index in [0.717, 1.165) is 57.2 Å². The Morgan fingerprint density at radius 3 is 2.59 bits per heavy atom. The number of nitrogens with zero attached hydrogens (tertiary/aromatic N) is 6. The average Bonchev–Trinajstić information content (AvgIpc) is 2.98. The summed E-state index contributed by atoms with van der Waals surface area (Å²) in [6.45, 7) is 10.5. The lowest BCUT2D eigenvalue weighted by molar-refractivity contribution is 0.243. The zero-order chi connectivity index (χ0) is 15.4. The summed E-state index contributed by atoms with van der Waals surface area (Å²) < 4.78 is 2.07. The standard InChI is InChI=1S/C16H24N6/c1-3-15-12-16(18-13-17-15)21-9-6-20(7-10-21)8-11-22-14(2)4-5-19-22/h4-5,12-13H,3,6-11H2,1-2H3. The Labute approximate surface area is 131 Å². The maximum Gasteiger partial charge on any atom is 0.132 e. The summed E-state index contributed by atoms with van der Waals surface area (Å²) in [5.74, 6) is 1.06. The highest BCUT2D eigenvalue weighted by atomic mass is 15.3. The number of aromatic nitrogens is 4. The van der Waals surface area contributed by atoms with Crippen LogP contribution in [-0.4, -0.2) is 57.4 Å². The summed E-state index contributed by atoms with van der Waals surface area (Å²) in [5.41, 5.74) is 2.34. The van der Waals surface area contributed by atoms with Crippen LogP contribution in [0.3, 0.4) is 0 Å². The van der Waals surface area contributed by atoms with Gasteiger partial charge in [-0.3, -0.25) is 9.58 Å². The summed E-state index contributed by atoms with van der Waals surface area (Å²) in [5, 5.41) is 4.34. The third kappa shape index (κ3) is 3.44. The maximum atomic E-state index is 4.42. The Bertz CT molecular complexity index is 600. The van der Waals surface area contributed by atoms with Gasteiger partial charge in [0, 0.05) is 56.4 Å². The highest BCUT2D eigenvalue weighted by Gasteiger charge is 2.18. The Hall–Kier alpha value is -1.95. The van der Waals surface area contributed by atoms with Crippen LogP contribution in [-0.2, 0) is 13.0 Å². The van der Waals surface area contributed by atoms with E-state index in [2.05, 4.69) is 55.5 Å². The highest BCUT2D eigenvalue weighted by molar-refractivity contribution is 5.39. The van der Waals surface area contributed by atoms with Crippen LogP contribution >= 0.6 is 0 Å². The van der Waals surface area contributed by atoms with E-state index in [1.54, 1.807) is 6.33 Å². The zero-order valence-corrected chi connectivity index (χ0v) is 13.4. The minimum Gasteiger partial charge on any atom is -0.354 e. The predicted molar refractivity (Wildman–Crippen MR) is 87.0 cm³/mol. The Balaban J connectivity index is 1.50. The van der Waals surface area contributed by atoms with Crippen LogP contribution in [0.4, 0.5) is 5.82 Å². The molecule has 3 rings (SSSR count). The van der Waals surface area contributed by atoms with Gasteiger partial charge in [0.15, 0.2) is 0 Å². The van der Waals surface area contributed by atoms with Crippen molar-refractivity contribution in [3.8, 4) is 0 Å². The number of hydrogen-bond donors (Lipinski definition) is 0. The van der Waals surface area contributed by atoms with E-state index in [1.807, 2.05) is 6.20 Å². The van der Waals surface area contributed by atoms with E-state index >= 15 is 0 Å². The highest BCUT2D eigenvalue weighted by Crippen LogP contribution is 2.14. The van der Waals surface area contributed by atoms with E-state index in [9.17, 15) is 0 Å². The molecule has 0 radical (unpaired) electrons. The first-order valence-corrected chi connectivity index (χ1v) is 8.03. The van der Waals surface area contributed by atoms with Crippen LogP contribution < -0.4 is 4.90 Å². The van der Waals surface area contributed by atoms with Crippen molar-refractivity contribution in [2.45, 2.75) is 26.8 Å². The van der Waals surface area contributed by atoms with Crippen LogP contribution in [0.1, 0.15) is 18.3 Å². The van der Waals surface area contributed by atoms with E-state index in [-0.39, 0.29) is 0 Å². The molecule has 22 heavy (non-hydrogen) atoms. The van der Waals surface area contributed by atoms with Gasteiger partial charge >= 0.3 is 0 Å². The first kappa shape index (κ1) is 15.0. The fourth-order valence-electron chi connectivity index (χ4n) is 2.82. The molecule has 1 aliphatic rings. The predicted octanol–water partition coefficient (Wildman–Crippen LogP) is 1.37. The van der Waals surface area contributed by atoms with Crippen LogP contribution in [0, 0.1) is 6.92 Å². The first-order chi connectivity index (χ1) is 10.8. The van der Waals surface area contributed by atoms with Gasteiger partial charge in [0.2, 0.25) is 0 Å². The summed E-state index contributed by atoms with van der Waals surface area (Å²) in [7, 11) is 0. The van der Waals surface area contributed by atoms with Gasteiger partial charge in [-0.1, -0.05) is 6.92 Å². The van der Waals surface area contributed by atoms with Gasteiger partial charge in [-0.15, -0.1) is 0 Å². The second kappa shape index (κ2) is 6.87. The molecule has 0 aromatic carbocycles. The summed E-state index contributed by atoms with van der Waals surface area (Å²) in [6, 6.07) is 4.17. The Morgan fingerprint density at radius 1 is 1.09 bits per heavy atom. The van der Waals surface area contributed by atoms with Crippen LogP contribution in [0.2, 0.25) is 0 Å². The molecule has 0 aliphatic carbocycles. The smallest absolute Gasteiger partial charge is 0.132 e. The van der Waals surface area contributed by atoms with Crippen LogP contribution in [0.15, 0.2) is 24.7 Å². The molecule has 0 atom stereocenters. The lowest BCUT2D eigenvalue weighted by Gasteiger charge is -2.35. The minimum absolute atomic E-state index is 0.957. The largest absolute Gasteiger partial charge is 0.354 e. The molecule has 1 fully saturated rings. The van der Waals surface area contributed by atoms with Crippen LogP contribution in [0.25, 0.3) is 0 Å². The van der Waals surface area contributed by atoms with Crippen molar-refractivity contribution in [1.82, 2.24) is 24.6 Å². The quantitative estimate of drug-likeness (QED) is 0.834. The van der Waals surface area contributed by atoms with Gasteiger partial charge in [0.25, 0.3) is 0 Å². The van der Waals surface area contributed by atoms with Crippen molar-refractivity contribution < 1.29 is 0 Å². The molecule has 0 N–H and O–H groups in total. The fourth-order valence-corrected chi connectivity index (χ4v) is 2.82. The van der Waals surface area contributed by atoms with Crippen molar-refractivity contribution in [3.05, 3.63) is 36.0 Å². The van der Waals surface area contributed by atoms with Crippen molar-refractivity contribution in [3.63, 3.8) is 0 Å². The molecule has 2 aromatic heterocycles. The molecule has 6 heteroatoms. The van der Waals surface area contributed by atoms with E-state index < -0.39 is 0 Å². The Morgan fingerprint density at radius 2 is 1.91 bits per heavy atom. The molecule has 6 nitrogen and oxygen atoms in total. The second-order valence-electron chi connectivity index (χ2n) is 5.75. The zero-order valence-electron chi connectivity index (χ0n) is 13.4. The molecule has 0 saturated carbocycles. The van der Waals surface area contributed by atoms with Gasteiger partial charge in [-0.25, -0.2) is 9.97 Å². The normalized spacial score (nSPS) is 16.2. The van der Waals surface area contributed by atoms with Crippen molar-refractivity contribution >= 4 is 5.82 Å². The molecule has 0 amide bonds. The summed E-state index contributed by atoms with van der Waals surface area (Å²) in [6.07, 6.45) is 4.51. The topological polar surface area (TPSA) is 50.1 Å². The van der Waals surface area contributed by atoms with Gasteiger partial charge in [-0.05, 0) is 19.4 Å². The molecule has 3 heterocycles. The molecular weight excluding hydrogens is 276 g/mol. The molecule has 2 aromatic rings. The van der Waals surface area contributed by atoms with Gasteiger partial charge in [0.05, 0.1) is 6.54 Å². The third-order valence-electron chi connectivity index (χ3n) is 4.32. The van der Waals surface area contributed by atoms with Crippen molar-refractivity contribution in [2.75, 3.05) is 37.6 Å². The van der Waals surface area contributed by atoms with E-state index in [4.69, 9.17) is 0 Å². The maximum absolute atomic E-state index is 4.42. The van der Waals surface area contributed by atoms with Gasteiger partial charge < -0.3 is 4.90 Å². The molecular formula is C16H24N6. The first-order valence-electron chi connectivity index (χ1n) is 8.03. The van der Waals surface area contributed by atoms with Crippen molar-refractivity contribution in [2.24, 2.45) is 0 Å². The molecule has 1 saturated heterocycles. The molecule has 0 unspecified atom stereocenters. The SMILES string of the molecule is CCc1cc(N2CCN(CCn3nccc3C)CC2)ncn1. The minimum atomic E-state index is 0.957. The number of aryl methyl sites for hydroxylation is 2. The summed E-state index contributed by atoms with van der Waals surface area (Å²) in [4.78, 5) is 13.5. The number of anilines is 1. The number of rotatable bonds is 5. The molecule has 118 valence electrons. The number of hydrogen-bond acceptors (Lipinski definition) is 5. The summed E-state index contributed by atoms with van der Waals surface area (Å²) >= 11 is 0. The van der Waals surface area contributed by atoms with Gasteiger partial charge in [0.1, 0.15) is 12.1 Å². The van der Waals surface area contributed by atoms with Crippen LogP contribution in [0.5, 0.6) is 0 Å². The second-order valence-corrected chi connectivity index (χ2v) is 5.75.